The molecule has 2 aromatic rings. The van der Waals surface area contributed by atoms with Gasteiger partial charge in [-0.2, -0.15) is 0 Å². The molecule has 0 saturated carbocycles. The van der Waals surface area contributed by atoms with Gasteiger partial charge in [-0.05, 0) is 12.5 Å². The number of aromatic amines is 1. The zero-order valence-corrected chi connectivity index (χ0v) is 7.61. The first-order valence-corrected chi connectivity index (χ1v) is 4.95. The Kier molecular flexibility index (Phi) is 1.29. The second kappa shape index (κ2) is 2.35. The molecule has 1 aliphatic carbocycles. The van der Waals surface area contributed by atoms with Crippen LogP contribution in [0.15, 0.2) is 21.5 Å². The number of fused-ring (bicyclic) bond motifs is 3. The van der Waals surface area contributed by atoms with E-state index in [1.165, 1.54) is 11.3 Å². The van der Waals surface area contributed by atoms with Gasteiger partial charge in [-0.25, -0.2) is 0 Å². The maximum Gasteiger partial charge on any atom is 0.305 e. The molecular formula is C9H7NO2S. The molecule has 2 heterocycles. The molecule has 0 saturated heterocycles. The third-order valence-electron chi connectivity index (χ3n) is 2.32. The van der Waals surface area contributed by atoms with Crippen molar-refractivity contribution in [3.05, 3.63) is 32.6 Å². The molecule has 3 nitrogen and oxygen atoms in total. The molecule has 0 bridgehead atoms. The fourth-order valence-corrected chi connectivity index (χ4v) is 2.58. The van der Waals surface area contributed by atoms with E-state index in [1.807, 2.05) is 6.07 Å². The van der Waals surface area contributed by atoms with Gasteiger partial charge in [0.15, 0.2) is 0 Å². The summed E-state index contributed by atoms with van der Waals surface area (Å²) in [5, 5.41) is 0. The topological polar surface area (TPSA) is 46.0 Å². The number of hydrogen-bond acceptors (Lipinski definition) is 3. The monoisotopic (exact) mass is 193 g/mol. The lowest BCUT2D eigenvalue weighted by molar-refractivity contribution is 0.508. The summed E-state index contributed by atoms with van der Waals surface area (Å²) in [7, 11) is 0. The molecule has 0 radical (unpaired) electrons. The van der Waals surface area contributed by atoms with Crippen molar-refractivity contribution in [1.82, 2.24) is 4.98 Å². The van der Waals surface area contributed by atoms with Gasteiger partial charge in [-0.15, -0.1) is 0 Å². The Balaban J connectivity index is 2.35. The number of H-pyrrole nitrogens is 1. The molecule has 66 valence electrons. The van der Waals surface area contributed by atoms with E-state index in [4.69, 9.17) is 4.42 Å². The highest BCUT2D eigenvalue weighted by Crippen LogP contribution is 2.33. The molecule has 0 fully saturated rings. The van der Waals surface area contributed by atoms with Crippen LogP contribution < -0.4 is 4.87 Å². The molecule has 0 atom stereocenters. The predicted molar refractivity (Wildman–Crippen MR) is 50.0 cm³/mol. The molecule has 1 aliphatic rings. The predicted octanol–water partition coefficient (Wildman–Crippen LogP) is 1.79. The van der Waals surface area contributed by atoms with Crippen LogP contribution in [0.4, 0.5) is 0 Å². The van der Waals surface area contributed by atoms with Crippen LogP contribution in [0.3, 0.4) is 0 Å². The molecule has 4 heteroatoms. The Hall–Kier alpha value is -1.29. The van der Waals surface area contributed by atoms with Crippen LogP contribution in [0.2, 0.25) is 0 Å². The fraction of sp³-hybridized carbons (Fsp3) is 0.222. The Bertz CT molecular complexity index is 506. The van der Waals surface area contributed by atoms with Crippen molar-refractivity contribution in [2.75, 3.05) is 0 Å². The Morgan fingerprint density at radius 2 is 2.38 bits per heavy atom. The van der Waals surface area contributed by atoms with E-state index >= 15 is 0 Å². The SMILES string of the molecule is O=c1[nH]c2c(s1)CCc1occc1-2. The van der Waals surface area contributed by atoms with Gasteiger partial charge < -0.3 is 9.40 Å². The van der Waals surface area contributed by atoms with E-state index in [1.54, 1.807) is 6.26 Å². The third kappa shape index (κ3) is 0.920. The number of hydrogen-bond donors (Lipinski definition) is 1. The molecule has 2 aromatic heterocycles. The lowest BCUT2D eigenvalue weighted by Crippen LogP contribution is -1.99. The van der Waals surface area contributed by atoms with Gasteiger partial charge in [0.1, 0.15) is 5.76 Å². The van der Waals surface area contributed by atoms with Crippen LogP contribution in [0.25, 0.3) is 11.3 Å². The van der Waals surface area contributed by atoms with Gasteiger partial charge in [0.2, 0.25) is 0 Å². The van der Waals surface area contributed by atoms with Crippen LogP contribution in [0, 0.1) is 0 Å². The zero-order chi connectivity index (χ0) is 8.84. The van der Waals surface area contributed by atoms with Crippen LogP contribution in [-0.2, 0) is 12.8 Å². The summed E-state index contributed by atoms with van der Waals surface area (Å²) in [5.74, 6) is 0.988. The van der Waals surface area contributed by atoms with E-state index in [9.17, 15) is 4.79 Å². The highest BCUT2D eigenvalue weighted by Gasteiger charge is 2.20. The van der Waals surface area contributed by atoms with Crippen molar-refractivity contribution >= 4 is 11.3 Å². The standard InChI is InChI=1S/C9H7NO2S/c11-9-10-8-5-3-4-12-6(5)1-2-7(8)13-9/h3-4H,1-2H2,(H,10,11). The first-order chi connectivity index (χ1) is 6.34. The molecule has 13 heavy (non-hydrogen) atoms. The van der Waals surface area contributed by atoms with Crippen molar-refractivity contribution < 1.29 is 4.42 Å². The summed E-state index contributed by atoms with van der Waals surface area (Å²) in [6.07, 6.45) is 3.50. The normalized spacial score (nSPS) is 13.8. The Morgan fingerprint density at radius 3 is 3.31 bits per heavy atom. The van der Waals surface area contributed by atoms with E-state index in [0.717, 1.165) is 34.7 Å². The highest BCUT2D eigenvalue weighted by atomic mass is 32.1. The summed E-state index contributed by atoms with van der Waals surface area (Å²) >= 11 is 1.30. The average molecular weight is 193 g/mol. The van der Waals surface area contributed by atoms with Gasteiger partial charge in [0, 0.05) is 16.9 Å². The lowest BCUT2D eigenvalue weighted by atomic mass is 10.0. The summed E-state index contributed by atoms with van der Waals surface area (Å²) in [4.78, 5) is 15.1. The lowest BCUT2D eigenvalue weighted by Gasteiger charge is -2.08. The molecule has 1 N–H and O–H groups in total. The minimum atomic E-state index is 0.0269. The maximum atomic E-state index is 11.1. The van der Waals surface area contributed by atoms with Crippen LogP contribution in [-0.4, -0.2) is 4.98 Å². The fourth-order valence-electron chi connectivity index (χ4n) is 1.74. The third-order valence-corrected chi connectivity index (χ3v) is 3.26. The van der Waals surface area contributed by atoms with Crippen molar-refractivity contribution in [2.24, 2.45) is 0 Å². The van der Waals surface area contributed by atoms with E-state index in [0.29, 0.717) is 0 Å². The minimum Gasteiger partial charge on any atom is -0.469 e. The Morgan fingerprint density at radius 1 is 1.46 bits per heavy atom. The summed E-state index contributed by atoms with van der Waals surface area (Å²) in [6, 6.07) is 1.91. The molecule has 0 aromatic carbocycles. The Labute approximate surface area is 78.0 Å². The molecule has 0 aliphatic heterocycles. The number of furan rings is 1. The minimum absolute atomic E-state index is 0.0269. The average Bonchev–Trinajstić information content (AvgIpc) is 2.65. The van der Waals surface area contributed by atoms with Crippen molar-refractivity contribution in [3.8, 4) is 11.3 Å². The first kappa shape index (κ1) is 7.15. The quantitative estimate of drug-likeness (QED) is 0.693. The first-order valence-electron chi connectivity index (χ1n) is 4.13. The maximum absolute atomic E-state index is 11.1. The number of nitrogens with one attached hydrogen (secondary N) is 1. The van der Waals surface area contributed by atoms with Crippen LogP contribution in [0.1, 0.15) is 10.6 Å². The number of aromatic nitrogens is 1. The molecular weight excluding hydrogens is 186 g/mol. The highest BCUT2D eigenvalue weighted by molar-refractivity contribution is 7.09. The molecule has 0 amide bonds. The number of rotatable bonds is 0. The number of thiazole rings is 1. The van der Waals surface area contributed by atoms with Crippen LogP contribution >= 0.6 is 11.3 Å². The largest absolute Gasteiger partial charge is 0.469 e. The van der Waals surface area contributed by atoms with Crippen molar-refractivity contribution in [3.63, 3.8) is 0 Å². The summed E-state index contributed by atoms with van der Waals surface area (Å²) < 4.78 is 5.30. The van der Waals surface area contributed by atoms with Gasteiger partial charge in [-0.1, -0.05) is 11.3 Å². The van der Waals surface area contributed by atoms with Gasteiger partial charge in [-0.3, -0.25) is 4.79 Å². The smallest absolute Gasteiger partial charge is 0.305 e. The molecule has 3 rings (SSSR count). The second-order valence-corrected chi connectivity index (χ2v) is 4.14. The molecule has 0 unspecified atom stereocenters. The van der Waals surface area contributed by atoms with Gasteiger partial charge >= 0.3 is 4.87 Å². The molecule has 0 spiro atoms. The van der Waals surface area contributed by atoms with Gasteiger partial charge in [0.05, 0.1) is 12.0 Å². The van der Waals surface area contributed by atoms with Crippen molar-refractivity contribution in [1.29, 1.82) is 0 Å². The van der Waals surface area contributed by atoms with E-state index in [2.05, 4.69) is 4.98 Å². The number of aryl methyl sites for hydroxylation is 2. The van der Waals surface area contributed by atoms with Crippen molar-refractivity contribution in [2.45, 2.75) is 12.8 Å². The van der Waals surface area contributed by atoms with E-state index in [-0.39, 0.29) is 4.87 Å². The summed E-state index contributed by atoms with van der Waals surface area (Å²) in [6.45, 7) is 0. The van der Waals surface area contributed by atoms with E-state index < -0.39 is 0 Å². The van der Waals surface area contributed by atoms with Crippen LogP contribution in [0.5, 0.6) is 0 Å². The zero-order valence-electron chi connectivity index (χ0n) is 6.79. The summed E-state index contributed by atoms with van der Waals surface area (Å²) in [5.41, 5.74) is 2.02. The second-order valence-electron chi connectivity index (χ2n) is 3.07. The van der Waals surface area contributed by atoms with Gasteiger partial charge in [0.25, 0.3) is 0 Å².